The lowest BCUT2D eigenvalue weighted by Crippen LogP contribution is -2.46. The van der Waals surface area contributed by atoms with Gasteiger partial charge in [-0.25, -0.2) is 0 Å². The van der Waals surface area contributed by atoms with Gasteiger partial charge in [0.1, 0.15) is 5.70 Å². The molecule has 0 spiro atoms. The van der Waals surface area contributed by atoms with Crippen LogP contribution in [0.25, 0.3) is 5.70 Å². The normalized spacial score (nSPS) is 10.9. The molecule has 1 rings (SSSR count). The van der Waals surface area contributed by atoms with Crippen molar-refractivity contribution in [2.75, 3.05) is 7.11 Å². The Hall–Kier alpha value is -1.91. The highest BCUT2D eigenvalue weighted by molar-refractivity contribution is 5.54. The van der Waals surface area contributed by atoms with Crippen LogP contribution in [0, 0.1) is 0 Å². The molecule has 0 amide bonds. The zero-order valence-corrected chi connectivity index (χ0v) is 10.3. The number of pyridine rings is 1. The smallest absolute Gasteiger partial charge is 0.255 e. The van der Waals surface area contributed by atoms with Crippen LogP contribution in [0.5, 0.6) is 0 Å². The first-order chi connectivity index (χ1) is 8.15. The Labute approximate surface area is 101 Å². The summed E-state index contributed by atoms with van der Waals surface area (Å²) in [7, 11) is 1.00. The van der Waals surface area contributed by atoms with Crippen LogP contribution in [0.1, 0.15) is 6.92 Å². The lowest BCUT2D eigenvalue weighted by molar-refractivity contribution is -0.295. The molecule has 0 aliphatic heterocycles. The molecule has 0 bridgehead atoms. The summed E-state index contributed by atoms with van der Waals surface area (Å²) in [6.45, 7) is 5.72. The van der Waals surface area contributed by atoms with Crippen LogP contribution >= 0.6 is 0 Å². The van der Waals surface area contributed by atoms with Gasteiger partial charge in [-0.05, 0) is 25.1 Å². The molecule has 0 aliphatic carbocycles. The molecule has 0 unspecified atom stereocenters. The van der Waals surface area contributed by atoms with Gasteiger partial charge in [0.05, 0.1) is 0 Å². The summed E-state index contributed by atoms with van der Waals surface area (Å²) in [5, 5.41) is 7.00. The average molecular weight is 235 g/mol. The number of allylic oxidation sites excluding steroid dienone is 4. The summed E-state index contributed by atoms with van der Waals surface area (Å²) >= 11 is 0. The van der Waals surface area contributed by atoms with Gasteiger partial charge in [-0.3, -0.25) is 9.36 Å². The third kappa shape index (κ3) is 5.10. The molecule has 0 atom stereocenters. The molecule has 0 radical (unpaired) electrons. The van der Waals surface area contributed by atoms with Gasteiger partial charge in [0.2, 0.25) is 0 Å². The number of hydrogen-bond acceptors (Lipinski definition) is 2. The Kier molecular flexibility index (Phi) is 7.34. The number of aromatic nitrogens is 1. The maximum atomic E-state index is 11.4. The van der Waals surface area contributed by atoms with Crippen LogP contribution in [-0.4, -0.2) is 16.8 Å². The van der Waals surface area contributed by atoms with Crippen LogP contribution in [0.4, 0.5) is 0 Å². The van der Waals surface area contributed by atoms with E-state index in [0.29, 0.717) is 5.70 Å². The first kappa shape index (κ1) is 15.1. The highest BCUT2D eigenvalue weighted by Gasteiger charge is 1.95. The van der Waals surface area contributed by atoms with E-state index in [2.05, 4.69) is 12.3 Å². The molecule has 4 N–H and O–H groups in total. The second-order valence-corrected chi connectivity index (χ2v) is 3.10. The highest BCUT2D eigenvalue weighted by atomic mass is 16.2. The van der Waals surface area contributed by atoms with E-state index in [1.165, 1.54) is 10.6 Å². The van der Waals surface area contributed by atoms with Gasteiger partial charge in [0, 0.05) is 31.1 Å². The number of hydrogen-bond donors (Lipinski definition) is 2. The minimum Gasteiger partial charge on any atom is -0.400 e. The molecule has 92 valence electrons. The van der Waals surface area contributed by atoms with Crippen molar-refractivity contribution in [3.63, 3.8) is 0 Å². The molecular weight excluding hydrogens is 216 g/mol. The first-order valence-corrected chi connectivity index (χ1v) is 5.13. The van der Waals surface area contributed by atoms with Crippen LogP contribution in [0.2, 0.25) is 0 Å². The Balaban J connectivity index is 0.00000121. The van der Waals surface area contributed by atoms with Crippen molar-refractivity contribution in [2.45, 2.75) is 6.92 Å². The molecular formula is C13H19N2O2+. The lowest BCUT2D eigenvalue weighted by atomic mass is 10.3. The molecule has 0 fully saturated rings. The number of aliphatic hydroxyl groups excluding tert-OH is 1. The molecule has 4 nitrogen and oxygen atoms in total. The summed E-state index contributed by atoms with van der Waals surface area (Å²) < 4.78 is 1.49. The SMILES string of the molecule is C=C(/C=C\C([NH3+])=C/C)n1ccccc1=O.CO. The van der Waals surface area contributed by atoms with Crippen LogP contribution in [0.15, 0.2) is 59.7 Å². The Morgan fingerprint density at radius 3 is 2.59 bits per heavy atom. The minimum atomic E-state index is -0.0850. The Bertz CT molecular complexity index is 470. The molecule has 0 aromatic carbocycles. The zero-order chi connectivity index (χ0) is 13.3. The Morgan fingerprint density at radius 2 is 2.06 bits per heavy atom. The van der Waals surface area contributed by atoms with E-state index in [9.17, 15) is 4.79 Å². The number of aliphatic hydroxyl groups is 1. The van der Waals surface area contributed by atoms with Crippen molar-refractivity contribution >= 4 is 5.70 Å². The van der Waals surface area contributed by atoms with Crippen molar-refractivity contribution < 1.29 is 10.8 Å². The topological polar surface area (TPSA) is 69.9 Å². The second kappa shape index (κ2) is 8.27. The van der Waals surface area contributed by atoms with E-state index < -0.39 is 0 Å². The third-order valence-corrected chi connectivity index (χ3v) is 1.99. The van der Waals surface area contributed by atoms with Crippen LogP contribution < -0.4 is 11.3 Å². The second-order valence-electron chi connectivity index (χ2n) is 3.10. The number of nitrogens with zero attached hydrogens (tertiary/aromatic N) is 1. The summed E-state index contributed by atoms with van der Waals surface area (Å²) in [4.78, 5) is 11.4. The van der Waals surface area contributed by atoms with Crippen LogP contribution in [-0.2, 0) is 0 Å². The molecule has 1 heterocycles. The van der Waals surface area contributed by atoms with Crippen molar-refractivity contribution in [2.24, 2.45) is 0 Å². The number of rotatable bonds is 3. The van der Waals surface area contributed by atoms with E-state index in [-0.39, 0.29) is 5.56 Å². The minimum absolute atomic E-state index is 0.0850. The Morgan fingerprint density at radius 1 is 1.41 bits per heavy atom. The maximum Gasteiger partial charge on any atom is 0.255 e. The summed E-state index contributed by atoms with van der Waals surface area (Å²) in [5.41, 5.74) is 5.22. The van der Waals surface area contributed by atoms with Crippen molar-refractivity contribution in [1.29, 1.82) is 0 Å². The molecule has 0 saturated carbocycles. The van der Waals surface area contributed by atoms with E-state index in [4.69, 9.17) is 5.11 Å². The van der Waals surface area contributed by atoms with Crippen molar-refractivity contribution in [3.05, 3.63) is 65.3 Å². The predicted octanol–water partition coefficient (Wildman–Crippen LogP) is 0.629. The average Bonchev–Trinajstić information content (AvgIpc) is 2.38. The van der Waals surface area contributed by atoms with Crippen molar-refractivity contribution in [3.8, 4) is 0 Å². The van der Waals surface area contributed by atoms with Gasteiger partial charge in [0.25, 0.3) is 5.56 Å². The first-order valence-electron chi connectivity index (χ1n) is 5.13. The quantitative estimate of drug-likeness (QED) is 0.754. The fourth-order valence-corrected chi connectivity index (χ4v) is 1.04. The van der Waals surface area contributed by atoms with E-state index in [1.54, 1.807) is 24.4 Å². The molecule has 1 aromatic rings. The van der Waals surface area contributed by atoms with Crippen LogP contribution in [0.3, 0.4) is 0 Å². The van der Waals surface area contributed by atoms with E-state index in [1.807, 2.05) is 19.1 Å². The van der Waals surface area contributed by atoms with Gasteiger partial charge in [0.15, 0.2) is 0 Å². The zero-order valence-electron chi connectivity index (χ0n) is 10.3. The molecule has 17 heavy (non-hydrogen) atoms. The molecule has 4 heteroatoms. The van der Waals surface area contributed by atoms with Gasteiger partial charge in [-0.15, -0.1) is 0 Å². The molecule has 0 aliphatic rings. The maximum absolute atomic E-state index is 11.4. The molecule has 0 saturated heterocycles. The summed E-state index contributed by atoms with van der Waals surface area (Å²) in [5.74, 6) is 0. The van der Waals surface area contributed by atoms with Gasteiger partial charge >= 0.3 is 0 Å². The standard InChI is InChI=1S/C12H14N2O.CH4O/c1-3-11(13)8-7-10(2)14-9-5-4-6-12(14)15;1-2/h3-9H,2,13H2,1H3;2H,1H3/p+1/b8-7-,11-3+;. The fourth-order valence-electron chi connectivity index (χ4n) is 1.04. The third-order valence-electron chi connectivity index (χ3n) is 1.99. The van der Waals surface area contributed by atoms with E-state index in [0.717, 1.165) is 12.8 Å². The van der Waals surface area contributed by atoms with E-state index >= 15 is 0 Å². The molecule has 1 aromatic heterocycles. The van der Waals surface area contributed by atoms with Crippen molar-refractivity contribution in [1.82, 2.24) is 4.57 Å². The lowest BCUT2D eigenvalue weighted by Gasteiger charge is -2.02. The number of quaternary nitrogens is 1. The summed E-state index contributed by atoms with van der Waals surface area (Å²) in [6, 6.07) is 5.00. The van der Waals surface area contributed by atoms with Gasteiger partial charge in [-0.1, -0.05) is 12.6 Å². The fraction of sp³-hybridized carbons (Fsp3) is 0.154. The summed E-state index contributed by atoms with van der Waals surface area (Å²) in [6.07, 6.45) is 7.16. The largest absolute Gasteiger partial charge is 0.400 e. The predicted molar refractivity (Wildman–Crippen MR) is 70.0 cm³/mol. The monoisotopic (exact) mass is 235 g/mol. The van der Waals surface area contributed by atoms with Gasteiger partial charge < -0.3 is 10.8 Å². The highest BCUT2D eigenvalue weighted by Crippen LogP contribution is 2.00. The van der Waals surface area contributed by atoms with Gasteiger partial charge in [-0.2, -0.15) is 0 Å².